The number of carbonyl (C=O) groups excluding carboxylic acids is 1. The smallest absolute Gasteiger partial charge is 0.322 e. The quantitative estimate of drug-likeness (QED) is 0.726. The molecule has 0 atom stereocenters. The average molecular weight is 371 g/mol. The van der Waals surface area contributed by atoms with Crippen LogP contribution in [0.2, 0.25) is 0 Å². The van der Waals surface area contributed by atoms with Gasteiger partial charge in [0.25, 0.3) is 5.91 Å². The van der Waals surface area contributed by atoms with Gasteiger partial charge in [0.2, 0.25) is 0 Å². The van der Waals surface area contributed by atoms with Crippen LogP contribution in [0.25, 0.3) is 0 Å². The van der Waals surface area contributed by atoms with E-state index in [9.17, 15) is 18.0 Å². The highest BCUT2D eigenvalue weighted by molar-refractivity contribution is 6.04. The summed E-state index contributed by atoms with van der Waals surface area (Å²) >= 11 is 0. The summed E-state index contributed by atoms with van der Waals surface area (Å²) in [6.45, 7) is 1.69. The molecule has 0 bridgehead atoms. The zero-order valence-corrected chi connectivity index (χ0v) is 14.4. The molecule has 27 heavy (non-hydrogen) atoms. The van der Waals surface area contributed by atoms with Gasteiger partial charge in [0.1, 0.15) is 5.82 Å². The van der Waals surface area contributed by atoms with E-state index in [2.05, 4.69) is 15.3 Å². The first kappa shape index (κ1) is 18.6. The maximum absolute atomic E-state index is 12.6. The van der Waals surface area contributed by atoms with Gasteiger partial charge in [-0.1, -0.05) is 30.3 Å². The maximum Gasteiger partial charge on any atom is 0.416 e. The number of amides is 1. The van der Waals surface area contributed by atoms with Gasteiger partial charge >= 0.3 is 6.18 Å². The lowest BCUT2D eigenvalue weighted by Crippen LogP contribution is -2.16. The number of hydrogen-bond donors (Lipinski definition) is 1. The normalized spacial score (nSPS) is 11.3. The van der Waals surface area contributed by atoms with Gasteiger partial charge in [-0.15, -0.1) is 0 Å². The van der Waals surface area contributed by atoms with Crippen LogP contribution >= 0.6 is 0 Å². The van der Waals surface area contributed by atoms with E-state index in [0.29, 0.717) is 17.9 Å². The lowest BCUT2D eigenvalue weighted by atomic mass is 10.1. The molecule has 0 aliphatic heterocycles. The van der Waals surface area contributed by atoms with E-state index in [-0.39, 0.29) is 11.3 Å². The molecule has 1 aromatic heterocycles. The van der Waals surface area contributed by atoms with E-state index in [4.69, 9.17) is 0 Å². The molecular weight excluding hydrogens is 355 g/mol. The third-order valence-electron chi connectivity index (χ3n) is 3.95. The number of halogens is 3. The molecule has 3 aromatic rings. The number of alkyl halides is 3. The lowest BCUT2D eigenvalue weighted by molar-refractivity contribution is -0.137. The van der Waals surface area contributed by atoms with Gasteiger partial charge < -0.3 is 5.32 Å². The lowest BCUT2D eigenvalue weighted by Gasteiger charge is -2.10. The van der Waals surface area contributed by atoms with E-state index < -0.39 is 17.6 Å². The molecule has 1 amide bonds. The number of nitrogens with one attached hydrogen (secondary N) is 1. The molecule has 0 aliphatic rings. The van der Waals surface area contributed by atoms with Crippen LogP contribution in [0, 0.1) is 6.92 Å². The van der Waals surface area contributed by atoms with Crippen LogP contribution in [-0.2, 0) is 12.6 Å². The van der Waals surface area contributed by atoms with E-state index in [1.165, 1.54) is 18.3 Å². The Hall–Kier alpha value is -3.22. The molecular formula is C20H16F3N3O. The summed E-state index contributed by atoms with van der Waals surface area (Å²) in [6, 6.07) is 13.9. The fourth-order valence-corrected chi connectivity index (χ4v) is 2.54. The molecule has 3 rings (SSSR count). The van der Waals surface area contributed by atoms with E-state index >= 15 is 0 Å². The number of aryl methyl sites for hydroxylation is 1. The van der Waals surface area contributed by atoms with Crippen LogP contribution in [0.15, 0.2) is 60.8 Å². The molecule has 0 saturated carbocycles. The molecule has 0 radical (unpaired) electrons. The van der Waals surface area contributed by atoms with Crippen molar-refractivity contribution in [3.63, 3.8) is 0 Å². The minimum Gasteiger partial charge on any atom is -0.322 e. The average Bonchev–Trinajstić information content (AvgIpc) is 2.62. The number of hydrogen-bond acceptors (Lipinski definition) is 3. The monoisotopic (exact) mass is 371 g/mol. The van der Waals surface area contributed by atoms with Crippen molar-refractivity contribution in [3.05, 3.63) is 89.0 Å². The van der Waals surface area contributed by atoms with Gasteiger partial charge in [0, 0.05) is 18.3 Å². The summed E-state index contributed by atoms with van der Waals surface area (Å²) in [5.74, 6) is 0.114. The first-order chi connectivity index (χ1) is 12.8. The molecule has 0 aliphatic carbocycles. The van der Waals surface area contributed by atoms with Crippen LogP contribution in [0.1, 0.15) is 33.0 Å². The Morgan fingerprint density at radius 3 is 2.30 bits per heavy atom. The van der Waals surface area contributed by atoms with Crippen LogP contribution in [0.4, 0.5) is 18.9 Å². The summed E-state index contributed by atoms with van der Waals surface area (Å²) in [7, 11) is 0. The zero-order chi connectivity index (χ0) is 19.4. The topological polar surface area (TPSA) is 54.9 Å². The summed E-state index contributed by atoms with van der Waals surface area (Å²) < 4.78 is 37.8. The standard InChI is InChI=1S/C20H16F3N3O/c1-13-17(12-24-18(25-13)11-14-5-3-2-4-6-14)19(27)26-16-9-7-15(8-10-16)20(21,22)23/h2-10,12H,11H2,1H3,(H,26,27). The maximum atomic E-state index is 12.6. The van der Waals surface area contributed by atoms with Crippen molar-refractivity contribution in [2.24, 2.45) is 0 Å². The Balaban J connectivity index is 1.71. The highest BCUT2D eigenvalue weighted by Crippen LogP contribution is 2.29. The van der Waals surface area contributed by atoms with Crippen molar-refractivity contribution in [1.29, 1.82) is 0 Å². The fourth-order valence-electron chi connectivity index (χ4n) is 2.54. The Bertz CT molecular complexity index is 939. The molecule has 138 valence electrons. The van der Waals surface area contributed by atoms with E-state index in [0.717, 1.165) is 17.7 Å². The molecule has 1 N–H and O–H groups in total. The summed E-state index contributed by atoms with van der Waals surface area (Å²) in [4.78, 5) is 21.0. The van der Waals surface area contributed by atoms with Gasteiger partial charge in [-0.3, -0.25) is 4.79 Å². The largest absolute Gasteiger partial charge is 0.416 e. The second-order valence-electron chi connectivity index (χ2n) is 5.98. The Labute approximate surface area is 154 Å². The SMILES string of the molecule is Cc1nc(Cc2ccccc2)ncc1C(=O)Nc1ccc(C(F)(F)F)cc1. The molecule has 7 heteroatoms. The Kier molecular flexibility index (Phi) is 5.21. The van der Waals surface area contributed by atoms with E-state index in [1.54, 1.807) is 6.92 Å². The predicted octanol–water partition coefficient (Wildman–Crippen LogP) is 4.65. The molecule has 1 heterocycles. The van der Waals surface area contributed by atoms with Crippen LogP contribution in [-0.4, -0.2) is 15.9 Å². The number of carbonyl (C=O) groups is 1. The van der Waals surface area contributed by atoms with Crippen molar-refractivity contribution in [2.75, 3.05) is 5.32 Å². The van der Waals surface area contributed by atoms with E-state index in [1.807, 2.05) is 30.3 Å². The highest BCUT2D eigenvalue weighted by atomic mass is 19.4. The van der Waals surface area contributed by atoms with Gasteiger partial charge in [0.05, 0.1) is 16.8 Å². The number of anilines is 1. The first-order valence-corrected chi connectivity index (χ1v) is 8.18. The number of nitrogens with zero attached hydrogens (tertiary/aromatic N) is 2. The van der Waals surface area contributed by atoms with Gasteiger partial charge in [-0.05, 0) is 36.8 Å². The van der Waals surface area contributed by atoms with Crippen LogP contribution < -0.4 is 5.32 Å². The second-order valence-corrected chi connectivity index (χ2v) is 5.98. The second kappa shape index (κ2) is 7.57. The number of benzene rings is 2. The van der Waals surface area contributed by atoms with Gasteiger partial charge in [0.15, 0.2) is 0 Å². The van der Waals surface area contributed by atoms with Gasteiger partial charge in [-0.2, -0.15) is 13.2 Å². The third-order valence-corrected chi connectivity index (χ3v) is 3.95. The predicted molar refractivity (Wildman–Crippen MR) is 95.4 cm³/mol. The summed E-state index contributed by atoms with van der Waals surface area (Å²) in [6.07, 6.45) is -2.44. The summed E-state index contributed by atoms with van der Waals surface area (Å²) in [5.41, 5.74) is 1.32. The highest BCUT2D eigenvalue weighted by Gasteiger charge is 2.30. The zero-order valence-electron chi connectivity index (χ0n) is 14.4. The number of aromatic nitrogens is 2. The third kappa shape index (κ3) is 4.69. The molecule has 0 saturated heterocycles. The van der Waals surface area contributed by atoms with Crippen molar-refractivity contribution in [1.82, 2.24) is 9.97 Å². The first-order valence-electron chi connectivity index (χ1n) is 8.18. The molecule has 0 unspecified atom stereocenters. The molecule has 0 spiro atoms. The van der Waals surface area contributed by atoms with Crippen molar-refractivity contribution >= 4 is 11.6 Å². The minimum atomic E-state index is -4.42. The van der Waals surface area contributed by atoms with Crippen LogP contribution in [0.5, 0.6) is 0 Å². The number of rotatable bonds is 4. The fraction of sp³-hybridized carbons (Fsp3) is 0.150. The molecule has 2 aromatic carbocycles. The minimum absolute atomic E-state index is 0.265. The van der Waals surface area contributed by atoms with Crippen molar-refractivity contribution in [2.45, 2.75) is 19.5 Å². The summed E-state index contributed by atoms with van der Waals surface area (Å²) in [5, 5.41) is 2.56. The Morgan fingerprint density at radius 2 is 1.70 bits per heavy atom. The van der Waals surface area contributed by atoms with Crippen LogP contribution in [0.3, 0.4) is 0 Å². The molecule has 4 nitrogen and oxygen atoms in total. The van der Waals surface area contributed by atoms with Crippen molar-refractivity contribution < 1.29 is 18.0 Å². The van der Waals surface area contributed by atoms with Gasteiger partial charge in [-0.25, -0.2) is 9.97 Å². The van der Waals surface area contributed by atoms with Crippen molar-refractivity contribution in [3.8, 4) is 0 Å². The molecule has 0 fully saturated rings. The Morgan fingerprint density at radius 1 is 1.04 bits per heavy atom.